The van der Waals surface area contributed by atoms with E-state index in [2.05, 4.69) is 4.90 Å². The average Bonchev–Trinajstić information content (AvgIpc) is 2.37. The zero-order valence-electron chi connectivity index (χ0n) is 11.8. The Kier molecular flexibility index (Phi) is 4.37. The molecule has 0 radical (unpaired) electrons. The highest BCUT2D eigenvalue weighted by Crippen LogP contribution is 2.23. The Bertz CT molecular complexity index is 490. The van der Waals surface area contributed by atoms with Crippen LogP contribution in [0.1, 0.15) is 19.4 Å². The zero-order valence-corrected chi connectivity index (χ0v) is 11.8. The molecule has 0 saturated carbocycles. The minimum absolute atomic E-state index is 0.0190. The van der Waals surface area contributed by atoms with Gasteiger partial charge in [0, 0.05) is 31.8 Å². The number of nitrogens with zero attached hydrogens (tertiary/aromatic N) is 2. The number of morpholine rings is 1. The average molecular weight is 280 g/mol. The van der Waals surface area contributed by atoms with Gasteiger partial charge in [0.25, 0.3) is 5.69 Å². The van der Waals surface area contributed by atoms with Gasteiger partial charge in [0.05, 0.1) is 23.2 Å². The van der Waals surface area contributed by atoms with Crippen molar-refractivity contribution in [2.75, 3.05) is 19.7 Å². The number of benzene rings is 1. The van der Waals surface area contributed by atoms with Crippen molar-refractivity contribution in [1.29, 1.82) is 0 Å². The monoisotopic (exact) mass is 280 g/mol. The molecule has 0 spiro atoms. The number of hydrogen-bond donors (Lipinski definition) is 1. The van der Waals surface area contributed by atoms with Gasteiger partial charge in [0.15, 0.2) is 0 Å². The molecule has 0 aliphatic carbocycles. The molecule has 1 aliphatic rings. The molecule has 1 atom stereocenters. The van der Waals surface area contributed by atoms with Gasteiger partial charge in [-0.3, -0.25) is 15.0 Å². The van der Waals surface area contributed by atoms with Crippen LogP contribution in [-0.4, -0.2) is 46.3 Å². The van der Waals surface area contributed by atoms with Gasteiger partial charge in [-0.05, 0) is 19.4 Å². The summed E-state index contributed by atoms with van der Waals surface area (Å²) in [6.07, 6.45) is -0.211. The molecular formula is C14H20N2O4. The zero-order chi connectivity index (χ0) is 14.8. The number of aliphatic hydroxyl groups excluding tert-OH is 1. The second-order valence-corrected chi connectivity index (χ2v) is 5.78. The number of ether oxygens (including phenoxy) is 1. The van der Waals surface area contributed by atoms with Crippen LogP contribution < -0.4 is 0 Å². The highest BCUT2D eigenvalue weighted by molar-refractivity contribution is 5.34. The number of rotatable bonds is 4. The van der Waals surface area contributed by atoms with Gasteiger partial charge in [0.1, 0.15) is 0 Å². The Morgan fingerprint density at radius 1 is 1.55 bits per heavy atom. The van der Waals surface area contributed by atoms with Crippen LogP contribution >= 0.6 is 0 Å². The molecule has 0 bridgehead atoms. The Hall–Kier alpha value is -1.50. The number of nitro groups is 1. The fourth-order valence-electron chi connectivity index (χ4n) is 2.66. The van der Waals surface area contributed by atoms with Gasteiger partial charge in [-0.15, -0.1) is 0 Å². The van der Waals surface area contributed by atoms with Crippen molar-refractivity contribution >= 4 is 5.69 Å². The molecule has 1 heterocycles. The summed E-state index contributed by atoms with van der Waals surface area (Å²) in [5.74, 6) is 0. The Labute approximate surface area is 118 Å². The fourth-order valence-corrected chi connectivity index (χ4v) is 2.66. The molecule has 1 N–H and O–H groups in total. The van der Waals surface area contributed by atoms with Crippen LogP contribution in [0.5, 0.6) is 0 Å². The fraction of sp³-hybridized carbons (Fsp3) is 0.571. The Morgan fingerprint density at radius 3 is 2.95 bits per heavy atom. The molecule has 6 nitrogen and oxygen atoms in total. The van der Waals surface area contributed by atoms with E-state index in [-0.39, 0.29) is 28.9 Å². The number of non-ortho nitro benzene ring substituents is 1. The summed E-state index contributed by atoms with van der Waals surface area (Å²) >= 11 is 0. The molecule has 20 heavy (non-hydrogen) atoms. The lowest BCUT2D eigenvalue weighted by atomic mass is 10.0. The van der Waals surface area contributed by atoms with Gasteiger partial charge >= 0.3 is 0 Å². The van der Waals surface area contributed by atoms with Crippen molar-refractivity contribution in [2.45, 2.75) is 32.1 Å². The van der Waals surface area contributed by atoms with Crippen LogP contribution in [0.3, 0.4) is 0 Å². The van der Waals surface area contributed by atoms with Gasteiger partial charge < -0.3 is 9.84 Å². The van der Waals surface area contributed by atoms with E-state index in [0.717, 1.165) is 12.1 Å². The van der Waals surface area contributed by atoms with Gasteiger partial charge in [-0.1, -0.05) is 12.1 Å². The summed E-state index contributed by atoms with van der Waals surface area (Å²) in [6, 6.07) is 6.66. The van der Waals surface area contributed by atoms with E-state index in [4.69, 9.17) is 4.74 Å². The first-order chi connectivity index (χ1) is 9.39. The molecule has 1 unspecified atom stereocenters. The number of hydrogen-bond acceptors (Lipinski definition) is 5. The van der Waals surface area contributed by atoms with Crippen LogP contribution in [0, 0.1) is 10.1 Å². The van der Waals surface area contributed by atoms with Crippen LogP contribution in [0.2, 0.25) is 0 Å². The van der Waals surface area contributed by atoms with Crippen LogP contribution in [0.4, 0.5) is 5.69 Å². The van der Waals surface area contributed by atoms with E-state index in [0.29, 0.717) is 13.1 Å². The molecule has 6 heteroatoms. The predicted molar refractivity (Wildman–Crippen MR) is 74.4 cm³/mol. The lowest BCUT2D eigenvalue weighted by molar-refractivity contribution is -0.384. The van der Waals surface area contributed by atoms with Crippen molar-refractivity contribution < 1.29 is 14.8 Å². The van der Waals surface area contributed by atoms with Crippen molar-refractivity contribution in [1.82, 2.24) is 4.90 Å². The molecule has 110 valence electrons. The first kappa shape index (κ1) is 14.9. The largest absolute Gasteiger partial charge is 0.394 e. The standard InChI is InChI=1S/C14H20N2O4/c1-14(2)10-15(8-13(9-17)20-14)7-11-4-3-5-12(6-11)16(18)19/h3-6,13,17H,7-10H2,1-2H3. The van der Waals surface area contributed by atoms with Crippen LogP contribution in [0.15, 0.2) is 24.3 Å². The second kappa shape index (κ2) is 5.87. The molecule has 1 aromatic rings. The third-order valence-corrected chi connectivity index (χ3v) is 3.28. The third kappa shape index (κ3) is 3.75. The van der Waals surface area contributed by atoms with E-state index in [1.54, 1.807) is 12.1 Å². The van der Waals surface area contributed by atoms with E-state index in [1.165, 1.54) is 6.07 Å². The minimum atomic E-state index is -0.386. The Balaban J connectivity index is 2.09. The van der Waals surface area contributed by atoms with E-state index in [1.807, 2.05) is 19.9 Å². The third-order valence-electron chi connectivity index (χ3n) is 3.28. The summed E-state index contributed by atoms with van der Waals surface area (Å²) in [7, 11) is 0. The lowest BCUT2D eigenvalue weighted by Crippen LogP contribution is -2.53. The quantitative estimate of drug-likeness (QED) is 0.669. The molecular weight excluding hydrogens is 260 g/mol. The SMILES string of the molecule is CC1(C)CN(Cc2cccc([N+](=O)[O-])c2)CC(CO)O1. The Morgan fingerprint density at radius 2 is 2.30 bits per heavy atom. The molecule has 1 saturated heterocycles. The summed E-state index contributed by atoms with van der Waals surface area (Å²) in [5.41, 5.74) is 0.675. The second-order valence-electron chi connectivity index (χ2n) is 5.78. The summed E-state index contributed by atoms with van der Waals surface area (Å²) < 4.78 is 5.75. The maximum absolute atomic E-state index is 10.8. The molecule has 0 aromatic heterocycles. The van der Waals surface area contributed by atoms with Gasteiger partial charge in [-0.25, -0.2) is 0 Å². The van der Waals surface area contributed by atoms with E-state index in [9.17, 15) is 15.2 Å². The number of aliphatic hydroxyl groups is 1. The van der Waals surface area contributed by atoms with Crippen LogP contribution in [0.25, 0.3) is 0 Å². The van der Waals surface area contributed by atoms with Crippen molar-refractivity contribution in [3.8, 4) is 0 Å². The smallest absolute Gasteiger partial charge is 0.269 e. The predicted octanol–water partition coefficient (Wildman–Crippen LogP) is 1.57. The van der Waals surface area contributed by atoms with Gasteiger partial charge in [-0.2, -0.15) is 0 Å². The van der Waals surface area contributed by atoms with Crippen molar-refractivity contribution in [3.05, 3.63) is 39.9 Å². The number of nitro benzene ring substituents is 1. The van der Waals surface area contributed by atoms with E-state index >= 15 is 0 Å². The maximum atomic E-state index is 10.8. The first-order valence-electron chi connectivity index (χ1n) is 6.64. The molecule has 1 aromatic carbocycles. The highest BCUT2D eigenvalue weighted by atomic mass is 16.6. The molecule has 0 amide bonds. The molecule has 1 fully saturated rings. The summed E-state index contributed by atoms with van der Waals surface area (Å²) in [4.78, 5) is 12.6. The topological polar surface area (TPSA) is 75.8 Å². The van der Waals surface area contributed by atoms with Crippen molar-refractivity contribution in [2.24, 2.45) is 0 Å². The first-order valence-corrected chi connectivity index (χ1v) is 6.64. The van der Waals surface area contributed by atoms with E-state index < -0.39 is 0 Å². The summed E-state index contributed by atoms with van der Waals surface area (Å²) in [6.45, 7) is 5.92. The normalized spacial score (nSPS) is 22.6. The van der Waals surface area contributed by atoms with Gasteiger partial charge in [0.2, 0.25) is 0 Å². The maximum Gasteiger partial charge on any atom is 0.269 e. The van der Waals surface area contributed by atoms with Crippen LogP contribution in [-0.2, 0) is 11.3 Å². The summed E-state index contributed by atoms with van der Waals surface area (Å²) in [5, 5.41) is 20.1. The molecule has 2 rings (SSSR count). The molecule has 1 aliphatic heterocycles. The van der Waals surface area contributed by atoms with Crippen molar-refractivity contribution in [3.63, 3.8) is 0 Å². The minimum Gasteiger partial charge on any atom is -0.394 e. The lowest BCUT2D eigenvalue weighted by Gasteiger charge is -2.42. The highest BCUT2D eigenvalue weighted by Gasteiger charge is 2.32.